The zero-order valence-electron chi connectivity index (χ0n) is 7.04. The topological polar surface area (TPSA) is 34.1 Å². The Morgan fingerprint density at radius 1 is 1.58 bits per heavy atom. The third-order valence-corrected chi connectivity index (χ3v) is 1.52. The second-order valence-electron chi connectivity index (χ2n) is 2.48. The quantitative estimate of drug-likeness (QED) is 0.697. The van der Waals surface area contributed by atoms with Crippen molar-refractivity contribution in [1.29, 1.82) is 0 Å². The van der Waals surface area contributed by atoms with Crippen LogP contribution in [0, 0.1) is 5.82 Å². The molecule has 0 aliphatic heterocycles. The van der Waals surface area contributed by atoms with Crippen molar-refractivity contribution in [1.82, 2.24) is 10.5 Å². The van der Waals surface area contributed by atoms with Gasteiger partial charge in [0.05, 0.1) is 19.3 Å². The van der Waals surface area contributed by atoms with E-state index in [1.165, 1.54) is 19.4 Å². The monoisotopic (exact) mass is 170 g/mol. The molecule has 3 nitrogen and oxygen atoms in total. The third kappa shape index (κ3) is 2.25. The van der Waals surface area contributed by atoms with Crippen LogP contribution in [0.1, 0.15) is 18.5 Å². The molecule has 1 rings (SSSR count). The molecule has 0 spiro atoms. The molecule has 1 atom stereocenters. The second-order valence-corrected chi connectivity index (χ2v) is 2.48. The molecule has 0 radical (unpaired) electrons. The Morgan fingerprint density at radius 2 is 2.33 bits per heavy atom. The normalized spacial score (nSPS) is 12.9. The summed E-state index contributed by atoms with van der Waals surface area (Å²) in [5, 5.41) is 0. The summed E-state index contributed by atoms with van der Waals surface area (Å²) in [5.41, 5.74) is 3.44. The van der Waals surface area contributed by atoms with Gasteiger partial charge in [-0.2, -0.15) is 5.48 Å². The fourth-order valence-electron chi connectivity index (χ4n) is 0.910. The molecule has 1 heterocycles. The Balaban J connectivity index is 2.73. The van der Waals surface area contributed by atoms with E-state index in [2.05, 4.69) is 10.5 Å². The van der Waals surface area contributed by atoms with Crippen molar-refractivity contribution >= 4 is 0 Å². The standard InChI is InChI=1S/C8H11FN2O/c1-6(11-12-2)7-3-8(9)5-10-4-7/h3-6,11H,1-2H3. The summed E-state index contributed by atoms with van der Waals surface area (Å²) in [4.78, 5) is 8.41. The molecule has 66 valence electrons. The van der Waals surface area contributed by atoms with Gasteiger partial charge in [-0.15, -0.1) is 0 Å². The minimum Gasteiger partial charge on any atom is -0.305 e. The van der Waals surface area contributed by atoms with E-state index in [-0.39, 0.29) is 11.9 Å². The van der Waals surface area contributed by atoms with Crippen molar-refractivity contribution < 1.29 is 9.23 Å². The lowest BCUT2D eigenvalue weighted by molar-refractivity contribution is 0.0657. The zero-order chi connectivity index (χ0) is 8.97. The Bertz CT molecular complexity index is 255. The number of hydrogen-bond donors (Lipinski definition) is 1. The third-order valence-electron chi connectivity index (χ3n) is 1.52. The SMILES string of the molecule is CONC(C)c1cncc(F)c1. The molecule has 1 N–H and O–H groups in total. The van der Waals surface area contributed by atoms with Crippen molar-refractivity contribution in [3.63, 3.8) is 0 Å². The van der Waals surface area contributed by atoms with Crippen LogP contribution in [-0.2, 0) is 4.84 Å². The molecule has 1 unspecified atom stereocenters. The average Bonchev–Trinajstić information content (AvgIpc) is 2.05. The van der Waals surface area contributed by atoms with Crippen molar-refractivity contribution in [3.05, 3.63) is 29.8 Å². The van der Waals surface area contributed by atoms with Gasteiger partial charge < -0.3 is 4.84 Å². The highest BCUT2D eigenvalue weighted by atomic mass is 19.1. The van der Waals surface area contributed by atoms with Gasteiger partial charge in [0.2, 0.25) is 0 Å². The lowest BCUT2D eigenvalue weighted by atomic mass is 10.1. The number of hydroxylamine groups is 1. The predicted molar refractivity (Wildman–Crippen MR) is 42.8 cm³/mol. The summed E-state index contributed by atoms with van der Waals surface area (Å²) in [6.45, 7) is 1.86. The number of rotatable bonds is 3. The van der Waals surface area contributed by atoms with Gasteiger partial charge in [0.25, 0.3) is 0 Å². The van der Waals surface area contributed by atoms with E-state index in [1.807, 2.05) is 6.92 Å². The van der Waals surface area contributed by atoms with E-state index >= 15 is 0 Å². The van der Waals surface area contributed by atoms with Gasteiger partial charge in [-0.25, -0.2) is 4.39 Å². The summed E-state index contributed by atoms with van der Waals surface area (Å²) < 4.78 is 12.6. The van der Waals surface area contributed by atoms with Gasteiger partial charge >= 0.3 is 0 Å². The van der Waals surface area contributed by atoms with Crippen LogP contribution in [0.3, 0.4) is 0 Å². The zero-order valence-corrected chi connectivity index (χ0v) is 7.04. The molecule has 0 bridgehead atoms. The van der Waals surface area contributed by atoms with Crippen molar-refractivity contribution in [2.24, 2.45) is 0 Å². The van der Waals surface area contributed by atoms with E-state index in [0.717, 1.165) is 5.56 Å². The molecule has 0 aliphatic rings. The highest BCUT2D eigenvalue weighted by molar-refractivity contribution is 5.13. The number of nitrogens with one attached hydrogen (secondary N) is 1. The average molecular weight is 170 g/mol. The van der Waals surface area contributed by atoms with Gasteiger partial charge in [0.1, 0.15) is 5.82 Å². The van der Waals surface area contributed by atoms with Crippen LogP contribution < -0.4 is 5.48 Å². The Morgan fingerprint density at radius 3 is 2.92 bits per heavy atom. The van der Waals surface area contributed by atoms with Crippen molar-refractivity contribution in [2.75, 3.05) is 7.11 Å². The number of aromatic nitrogens is 1. The second kappa shape index (κ2) is 4.13. The predicted octanol–water partition coefficient (Wildman–Crippen LogP) is 1.43. The smallest absolute Gasteiger partial charge is 0.141 e. The highest BCUT2D eigenvalue weighted by Gasteiger charge is 2.04. The molecule has 0 aromatic carbocycles. The van der Waals surface area contributed by atoms with Crippen LogP contribution in [0.25, 0.3) is 0 Å². The Hall–Kier alpha value is -1.00. The highest BCUT2D eigenvalue weighted by Crippen LogP contribution is 2.10. The number of halogens is 1. The lowest BCUT2D eigenvalue weighted by Crippen LogP contribution is -2.17. The largest absolute Gasteiger partial charge is 0.305 e. The first-order valence-electron chi connectivity index (χ1n) is 3.63. The van der Waals surface area contributed by atoms with Crippen LogP contribution in [-0.4, -0.2) is 12.1 Å². The first-order chi connectivity index (χ1) is 5.74. The van der Waals surface area contributed by atoms with Crippen molar-refractivity contribution in [3.8, 4) is 0 Å². The van der Waals surface area contributed by atoms with E-state index in [4.69, 9.17) is 4.84 Å². The Labute approximate surface area is 70.5 Å². The molecule has 12 heavy (non-hydrogen) atoms. The molecule has 0 amide bonds. The van der Waals surface area contributed by atoms with Crippen molar-refractivity contribution in [2.45, 2.75) is 13.0 Å². The fraction of sp³-hybridized carbons (Fsp3) is 0.375. The van der Waals surface area contributed by atoms with E-state index in [0.29, 0.717) is 0 Å². The maximum atomic E-state index is 12.6. The van der Waals surface area contributed by atoms with Crippen LogP contribution >= 0.6 is 0 Å². The molecule has 1 aromatic heterocycles. The van der Waals surface area contributed by atoms with E-state index < -0.39 is 0 Å². The molecular weight excluding hydrogens is 159 g/mol. The molecule has 1 aromatic rings. The fourth-order valence-corrected chi connectivity index (χ4v) is 0.910. The summed E-state index contributed by atoms with van der Waals surface area (Å²) in [6.07, 6.45) is 2.77. The molecule has 0 fully saturated rings. The summed E-state index contributed by atoms with van der Waals surface area (Å²) >= 11 is 0. The van der Waals surface area contributed by atoms with E-state index in [1.54, 1.807) is 6.20 Å². The van der Waals surface area contributed by atoms with Gasteiger partial charge in [-0.1, -0.05) is 0 Å². The van der Waals surface area contributed by atoms with E-state index in [9.17, 15) is 4.39 Å². The maximum Gasteiger partial charge on any atom is 0.141 e. The van der Waals surface area contributed by atoms with Crippen LogP contribution in [0.4, 0.5) is 4.39 Å². The summed E-state index contributed by atoms with van der Waals surface area (Å²) in [7, 11) is 1.52. The van der Waals surface area contributed by atoms with Crippen LogP contribution in [0.2, 0.25) is 0 Å². The lowest BCUT2D eigenvalue weighted by Gasteiger charge is -2.10. The first-order valence-corrected chi connectivity index (χ1v) is 3.63. The number of hydrogen-bond acceptors (Lipinski definition) is 3. The minimum absolute atomic E-state index is 0.0572. The molecule has 0 saturated heterocycles. The first kappa shape index (κ1) is 9.09. The molecule has 0 aliphatic carbocycles. The van der Waals surface area contributed by atoms with Gasteiger partial charge in [-0.05, 0) is 18.6 Å². The van der Waals surface area contributed by atoms with Gasteiger partial charge in [-0.3, -0.25) is 4.98 Å². The van der Waals surface area contributed by atoms with Gasteiger partial charge in [0.15, 0.2) is 0 Å². The Kier molecular flexibility index (Phi) is 3.13. The number of nitrogens with zero attached hydrogens (tertiary/aromatic N) is 1. The minimum atomic E-state index is -0.336. The number of pyridine rings is 1. The summed E-state index contributed by atoms with van der Waals surface area (Å²) in [6, 6.07) is 1.36. The van der Waals surface area contributed by atoms with Crippen LogP contribution in [0.5, 0.6) is 0 Å². The maximum absolute atomic E-state index is 12.6. The van der Waals surface area contributed by atoms with Gasteiger partial charge in [0, 0.05) is 6.20 Å². The summed E-state index contributed by atoms with van der Waals surface area (Å²) in [5.74, 6) is -0.336. The molecular formula is C8H11FN2O. The molecule has 0 saturated carbocycles. The molecule has 4 heteroatoms. The van der Waals surface area contributed by atoms with Crippen LogP contribution in [0.15, 0.2) is 18.5 Å².